The van der Waals surface area contributed by atoms with Gasteiger partial charge in [-0.25, -0.2) is 0 Å². The molecule has 24 heavy (non-hydrogen) atoms. The summed E-state index contributed by atoms with van der Waals surface area (Å²) >= 11 is 0. The Morgan fingerprint density at radius 1 is 1.21 bits per heavy atom. The van der Waals surface area contributed by atoms with Crippen molar-refractivity contribution in [3.05, 3.63) is 29.8 Å². The minimum Gasteiger partial charge on any atom is -0.376 e. The number of anilines is 1. The van der Waals surface area contributed by atoms with Gasteiger partial charge in [-0.3, -0.25) is 14.4 Å². The van der Waals surface area contributed by atoms with E-state index in [0.717, 1.165) is 12.8 Å². The number of para-hydroxylation sites is 1. The van der Waals surface area contributed by atoms with Crippen LogP contribution >= 0.6 is 0 Å². The maximum Gasteiger partial charge on any atom is 0.313 e. The summed E-state index contributed by atoms with van der Waals surface area (Å²) in [5, 5.41) is 7.79. The molecule has 3 amide bonds. The van der Waals surface area contributed by atoms with Crippen molar-refractivity contribution in [2.75, 3.05) is 18.5 Å². The summed E-state index contributed by atoms with van der Waals surface area (Å²) in [6.45, 7) is 4.68. The molecule has 1 aliphatic heterocycles. The standard InChI is InChI=1S/C17H23N3O4/c1-11(2)19-15(21)13-7-3-4-8-14(13)20-17(23)16(22)18-10-12-6-5-9-24-12/h3-4,7-8,11-12H,5-6,9-10H2,1-2H3,(H,18,22)(H,19,21)(H,20,23)/t12-/m1/s1. The van der Waals surface area contributed by atoms with Crippen LogP contribution in [0.25, 0.3) is 0 Å². The molecule has 7 nitrogen and oxygen atoms in total. The third-order valence-electron chi connectivity index (χ3n) is 3.56. The van der Waals surface area contributed by atoms with Gasteiger partial charge in [-0.15, -0.1) is 0 Å². The number of ether oxygens (including phenoxy) is 1. The predicted molar refractivity (Wildman–Crippen MR) is 89.7 cm³/mol. The maximum absolute atomic E-state index is 12.1. The molecule has 1 aliphatic rings. The third-order valence-corrected chi connectivity index (χ3v) is 3.56. The topological polar surface area (TPSA) is 96.5 Å². The molecule has 130 valence electrons. The van der Waals surface area contributed by atoms with Gasteiger partial charge in [-0.2, -0.15) is 0 Å². The summed E-state index contributed by atoms with van der Waals surface area (Å²) in [5.41, 5.74) is 0.611. The minimum absolute atomic E-state index is 0.0315. The van der Waals surface area contributed by atoms with E-state index in [1.165, 1.54) is 0 Å². The number of hydrogen-bond acceptors (Lipinski definition) is 4. The molecule has 1 saturated heterocycles. The van der Waals surface area contributed by atoms with Gasteiger partial charge in [-0.1, -0.05) is 12.1 Å². The van der Waals surface area contributed by atoms with Crippen molar-refractivity contribution in [1.82, 2.24) is 10.6 Å². The second-order valence-corrected chi connectivity index (χ2v) is 5.97. The average molecular weight is 333 g/mol. The number of nitrogens with one attached hydrogen (secondary N) is 3. The molecule has 0 unspecified atom stereocenters. The Labute approximate surface area is 141 Å². The Morgan fingerprint density at radius 3 is 2.62 bits per heavy atom. The normalized spacial score (nSPS) is 16.7. The van der Waals surface area contributed by atoms with Crippen molar-refractivity contribution in [3.63, 3.8) is 0 Å². The summed E-state index contributed by atoms with van der Waals surface area (Å²) in [6.07, 6.45) is 1.80. The van der Waals surface area contributed by atoms with Crippen LogP contribution in [0.1, 0.15) is 37.0 Å². The second kappa shape index (κ2) is 8.44. The lowest BCUT2D eigenvalue weighted by Crippen LogP contribution is -2.39. The van der Waals surface area contributed by atoms with Crippen molar-refractivity contribution in [2.24, 2.45) is 0 Å². The largest absolute Gasteiger partial charge is 0.376 e. The molecule has 0 aliphatic carbocycles. The van der Waals surface area contributed by atoms with Gasteiger partial charge in [-0.05, 0) is 38.8 Å². The fourth-order valence-electron chi connectivity index (χ4n) is 2.40. The first-order valence-corrected chi connectivity index (χ1v) is 8.08. The van der Waals surface area contributed by atoms with Crippen molar-refractivity contribution >= 4 is 23.4 Å². The Balaban J connectivity index is 1.95. The van der Waals surface area contributed by atoms with Crippen LogP contribution in [0, 0.1) is 0 Å². The quantitative estimate of drug-likeness (QED) is 0.702. The van der Waals surface area contributed by atoms with E-state index >= 15 is 0 Å². The molecule has 3 N–H and O–H groups in total. The molecular formula is C17H23N3O4. The van der Waals surface area contributed by atoms with Crippen LogP contribution in [0.2, 0.25) is 0 Å². The van der Waals surface area contributed by atoms with Crippen LogP contribution in [0.4, 0.5) is 5.69 Å². The Morgan fingerprint density at radius 2 is 1.96 bits per heavy atom. The number of benzene rings is 1. The highest BCUT2D eigenvalue weighted by Crippen LogP contribution is 2.15. The lowest BCUT2D eigenvalue weighted by atomic mass is 10.1. The van der Waals surface area contributed by atoms with Gasteiger partial charge in [0, 0.05) is 19.2 Å². The van der Waals surface area contributed by atoms with E-state index in [2.05, 4.69) is 16.0 Å². The van der Waals surface area contributed by atoms with E-state index in [4.69, 9.17) is 4.74 Å². The van der Waals surface area contributed by atoms with E-state index in [1.807, 2.05) is 13.8 Å². The fraction of sp³-hybridized carbons (Fsp3) is 0.471. The molecule has 1 aromatic rings. The van der Waals surface area contributed by atoms with Gasteiger partial charge >= 0.3 is 11.8 Å². The van der Waals surface area contributed by atoms with Crippen LogP contribution in [0.5, 0.6) is 0 Å². The molecule has 1 atom stereocenters. The number of carbonyl (C=O) groups is 3. The number of rotatable bonds is 5. The monoisotopic (exact) mass is 333 g/mol. The maximum atomic E-state index is 12.1. The smallest absolute Gasteiger partial charge is 0.313 e. The molecule has 1 aromatic carbocycles. The lowest BCUT2D eigenvalue weighted by molar-refractivity contribution is -0.136. The van der Waals surface area contributed by atoms with Crippen LogP contribution in [0.3, 0.4) is 0 Å². The lowest BCUT2D eigenvalue weighted by Gasteiger charge is -2.14. The molecule has 7 heteroatoms. The fourth-order valence-corrected chi connectivity index (χ4v) is 2.40. The highest BCUT2D eigenvalue weighted by Gasteiger charge is 2.21. The summed E-state index contributed by atoms with van der Waals surface area (Å²) in [5.74, 6) is -1.86. The van der Waals surface area contributed by atoms with Gasteiger partial charge in [0.15, 0.2) is 0 Å². The molecule has 0 saturated carbocycles. The molecule has 2 rings (SSSR count). The zero-order chi connectivity index (χ0) is 17.5. The molecule has 0 aromatic heterocycles. The first kappa shape index (κ1) is 17.9. The van der Waals surface area contributed by atoms with Crippen molar-refractivity contribution in [1.29, 1.82) is 0 Å². The van der Waals surface area contributed by atoms with E-state index in [0.29, 0.717) is 24.4 Å². The highest BCUT2D eigenvalue weighted by atomic mass is 16.5. The van der Waals surface area contributed by atoms with E-state index < -0.39 is 11.8 Å². The van der Waals surface area contributed by atoms with Crippen LogP contribution in [-0.2, 0) is 14.3 Å². The number of amides is 3. The van der Waals surface area contributed by atoms with Crippen molar-refractivity contribution in [2.45, 2.75) is 38.8 Å². The van der Waals surface area contributed by atoms with Crippen LogP contribution in [0.15, 0.2) is 24.3 Å². The van der Waals surface area contributed by atoms with Crippen LogP contribution in [-0.4, -0.2) is 43.0 Å². The summed E-state index contributed by atoms with van der Waals surface area (Å²) in [4.78, 5) is 36.0. The van der Waals surface area contributed by atoms with Gasteiger partial charge in [0.05, 0.1) is 17.4 Å². The average Bonchev–Trinajstić information content (AvgIpc) is 3.05. The summed E-state index contributed by atoms with van der Waals surface area (Å²) < 4.78 is 5.39. The van der Waals surface area contributed by atoms with Crippen LogP contribution < -0.4 is 16.0 Å². The van der Waals surface area contributed by atoms with Gasteiger partial charge in [0.25, 0.3) is 5.91 Å². The third kappa shape index (κ3) is 5.06. The molecule has 0 radical (unpaired) electrons. The first-order valence-electron chi connectivity index (χ1n) is 8.08. The zero-order valence-corrected chi connectivity index (χ0v) is 13.9. The van der Waals surface area contributed by atoms with Gasteiger partial charge < -0.3 is 20.7 Å². The highest BCUT2D eigenvalue weighted by molar-refractivity contribution is 6.40. The molecule has 0 bridgehead atoms. The van der Waals surface area contributed by atoms with Crippen molar-refractivity contribution < 1.29 is 19.1 Å². The Kier molecular flexibility index (Phi) is 6.31. The van der Waals surface area contributed by atoms with Gasteiger partial charge in [0.1, 0.15) is 0 Å². The van der Waals surface area contributed by atoms with E-state index in [1.54, 1.807) is 24.3 Å². The summed E-state index contributed by atoms with van der Waals surface area (Å²) in [7, 11) is 0. The van der Waals surface area contributed by atoms with E-state index in [9.17, 15) is 14.4 Å². The number of hydrogen-bond donors (Lipinski definition) is 3. The van der Waals surface area contributed by atoms with E-state index in [-0.39, 0.29) is 18.1 Å². The molecular weight excluding hydrogens is 310 g/mol. The minimum atomic E-state index is -0.808. The summed E-state index contributed by atoms with van der Waals surface area (Å²) in [6, 6.07) is 6.53. The number of carbonyl (C=O) groups excluding carboxylic acids is 3. The van der Waals surface area contributed by atoms with Crippen molar-refractivity contribution in [3.8, 4) is 0 Å². The predicted octanol–water partition coefficient (Wildman–Crippen LogP) is 1.06. The Hall–Kier alpha value is -2.41. The zero-order valence-electron chi connectivity index (χ0n) is 13.9. The molecule has 0 spiro atoms. The second-order valence-electron chi connectivity index (χ2n) is 5.97. The molecule has 1 heterocycles. The first-order chi connectivity index (χ1) is 11.5. The Bertz CT molecular complexity index is 610. The van der Waals surface area contributed by atoms with Gasteiger partial charge in [0.2, 0.25) is 0 Å². The molecule has 1 fully saturated rings. The SMILES string of the molecule is CC(C)NC(=O)c1ccccc1NC(=O)C(=O)NC[C@H]1CCCO1.